The molecule has 0 radical (unpaired) electrons. The number of anilines is 1. The van der Waals surface area contributed by atoms with Gasteiger partial charge >= 0.3 is 6.03 Å². The highest BCUT2D eigenvalue weighted by molar-refractivity contribution is 5.83. The number of carbonyl (C=O) groups is 2. The number of nitrogens with one attached hydrogen (secondary N) is 3. The summed E-state index contributed by atoms with van der Waals surface area (Å²) in [6, 6.07) is 6.85. The topological polar surface area (TPSA) is 105 Å². The van der Waals surface area contributed by atoms with E-state index in [2.05, 4.69) is 16.0 Å². The number of hydrogen-bond donors (Lipinski definition) is 4. The lowest BCUT2D eigenvalue weighted by molar-refractivity contribution is -0.120. The number of nitrogen functional groups attached to an aromatic ring is 1. The van der Waals surface area contributed by atoms with E-state index >= 15 is 0 Å². The number of urea groups is 1. The molecule has 0 bridgehead atoms. The summed E-state index contributed by atoms with van der Waals surface area (Å²) in [4.78, 5) is 23.2. The van der Waals surface area contributed by atoms with Crippen molar-refractivity contribution in [3.05, 3.63) is 29.8 Å². The van der Waals surface area contributed by atoms with E-state index in [-0.39, 0.29) is 18.5 Å². The number of benzene rings is 1. The molecular weight excluding hydrogens is 284 g/mol. The predicted octanol–water partition coefficient (Wildman–Crippen LogP) is 0.221. The van der Waals surface area contributed by atoms with Crippen molar-refractivity contribution in [2.24, 2.45) is 5.92 Å². The Labute approximate surface area is 129 Å². The normalized spacial score (nSPS) is 17.0. The Hall–Kier alpha value is -2.28. The molecule has 1 aliphatic heterocycles. The minimum absolute atomic E-state index is 0.0405. The second-order valence-corrected chi connectivity index (χ2v) is 5.31. The molecule has 7 heteroatoms. The Morgan fingerprint density at radius 1 is 1.18 bits per heavy atom. The largest absolute Gasteiger partial charge is 0.399 e. The first-order valence-electron chi connectivity index (χ1n) is 7.34. The van der Waals surface area contributed by atoms with Crippen LogP contribution in [0.3, 0.4) is 0 Å². The summed E-state index contributed by atoms with van der Waals surface area (Å²) in [5, 5.41) is 7.99. The smallest absolute Gasteiger partial charge is 0.315 e. The third kappa shape index (κ3) is 5.61. The van der Waals surface area contributed by atoms with Crippen LogP contribution in [0.4, 0.5) is 10.5 Å². The Morgan fingerprint density at radius 2 is 1.95 bits per heavy atom. The van der Waals surface area contributed by atoms with Crippen LogP contribution in [0, 0.1) is 5.92 Å². The number of hydrogen-bond acceptors (Lipinski definition) is 4. The van der Waals surface area contributed by atoms with Gasteiger partial charge in [0.1, 0.15) is 0 Å². The second kappa shape index (κ2) is 8.23. The molecule has 1 aromatic carbocycles. The van der Waals surface area contributed by atoms with Crippen LogP contribution >= 0.6 is 0 Å². The average molecular weight is 306 g/mol. The summed E-state index contributed by atoms with van der Waals surface area (Å²) in [6.07, 6.45) is 0.968. The van der Waals surface area contributed by atoms with Gasteiger partial charge in [-0.25, -0.2) is 4.79 Å². The third-order valence-electron chi connectivity index (χ3n) is 3.45. The van der Waals surface area contributed by atoms with E-state index in [0.29, 0.717) is 31.3 Å². The summed E-state index contributed by atoms with van der Waals surface area (Å²) < 4.78 is 5.23. The summed E-state index contributed by atoms with van der Waals surface area (Å²) in [5.74, 6) is 0.179. The van der Waals surface area contributed by atoms with Crippen molar-refractivity contribution in [3.8, 4) is 0 Å². The van der Waals surface area contributed by atoms with Gasteiger partial charge in [-0.1, -0.05) is 12.1 Å². The van der Waals surface area contributed by atoms with E-state index in [1.54, 1.807) is 12.1 Å². The first kappa shape index (κ1) is 16.1. The van der Waals surface area contributed by atoms with Crippen molar-refractivity contribution in [1.82, 2.24) is 16.0 Å². The van der Waals surface area contributed by atoms with E-state index in [0.717, 1.165) is 18.6 Å². The van der Waals surface area contributed by atoms with Crippen molar-refractivity contribution >= 4 is 17.6 Å². The maximum Gasteiger partial charge on any atom is 0.315 e. The van der Waals surface area contributed by atoms with Gasteiger partial charge in [0, 0.05) is 31.3 Å². The summed E-state index contributed by atoms with van der Waals surface area (Å²) in [5.41, 5.74) is 7.20. The Bertz CT molecular complexity index is 498. The Kier molecular flexibility index (Phi) is 6.02. The van der Waals surface area contributed by atoms with Crippen molar-refractivity contribution in [1.29, 1.82) is 0 Å². The molecule has 0 aromatic heterocycles. The highest BCUT2D eigenvalue weighted by Gasteiger charge is 2.16. The van der Waals surface area contributed by atoms with Gasteiger partial charge in [0.15, 0.2) is 0 Å². The molecule has 1 fully saturated rings. The quantitative estimate of drug-likeness (QED) is 0.564. The fraction of sp³-hybridized carbons (Fsp3) is 0.467. The zero-order valence-electron chi connectivity index (χ0n) is 12.4. The molecule has 7 nitrogen and oxygen atoms in total. The minimum atomic E-state index is -0.379. The molecule has 1 atom stereocenters. The molecular formula is C15H22N4O3. The van der Waals surface area contributed by atoms with E-state index in [1.165, 1.54) is 0 Å². The van der Waals surface area contributed by atoms with Crippen LogP contribution in [0.5, 0.6) is 0 Å². The van der Waals surface area contributed by atoms with E-state index in [9.17, 15) is 9.59 Å². The van der Waals surface area contributed by atoms with Crippen LogP contribution in [-0.4, -0.2) is 38.2 Å². The van der Waals surface area contributed by atoms with Crippen LogP contribution in [0.25, 0.3) is 0 Å². The highest BCUT2D eigenvalue weighted by atomic mass is 16.5. The molecule has 0 aliphatic carbocycles. The molecule has 0 spiro atoms. The van der Waals surface area contributed by atoms with Crippen LogP contribution in [0.15, 0.2) is 24.3 Å². The third-order valence-corrected chi connectivity index (χ3v) is 3.45. The molecule has 1 saturated heterocycles. The molecule has 1 unspecified atom stereocenters. The number of amides is 3. The van der Waals surface area contributed by atoms with Gasteiger partial charge in [0.2, 0.25) is 5.91 Å². The summed E-state index contributed by atoms with van der Waals surface area (Å²) in [7, 11) is 0. The van der Waals surface area contributed by atoms with Gasteiger partial charge in [0.05, 0.1) is 13.2 Å². The molecule has 1 aromatic rings. The average Bonchev–Trinajstić information content (AvgIpc) is 3.04. The van der Waals surface area contributed by atoms with E-state index < -0.39 is 0 Å². The lowest BCUT2D eigenvalue weighted by atomic mass is 10.1. The summed E-state index contributed by atoms with van der Waals surface area (Å²) in [6.45, 7) is 2.38. The predicted molar refractivity (Wildman–Crippen MR) is 83.0 cm³/mol. The van der Waals surface area contributed by atoms with Crippen LogP contribution < -0.4 is 21.7 Å². The minimum Gasteiger partial charge on any atom is -0.399 e. The van der Waals surface area contributed by atoms with Gasteiger partial charge < -0.3 is 26.4 Å². The molecule has 0 saturated carbocycles. The van der Waals surface area contributed by atoms with Crippen LogP contribution in [0.1, 0.15) is 12.0 Å². The SMILES string of the molecule is Nc1ccc(CNC(=O)NCC(=O)NCC2CCOC2)cc1. The zero-order chi connectivity index (χ0) is 15.8. The second-order valence-electron chi connectivity index (χ2n) is 5.31. The Balaban J connectivity index is 1.58. The molecule has 1 aliphatic rings. The fourth-order valence-corrected chi connectivity index (χ4v) is 2.11. The van der Waals surface area contributed by atoms with Crippen molar-refractivity contribution in [3.63, 3.8) is 0 Å². The van der Waals surface area contributed by atoms with Gasteiger partial charge in [-0.2, -0.15) is 0 Å². The molecule has 5 N–H and O–H groups in total. The van der Waals surface area contributed by atoms with Gasteiger partial charge in [-0.05, 0) is 24.1 Å². The van der Waals surface area contributed by atoms with Crippen LogP contribution in [-0.2, 0) is 16.1 Å². The maximum absolute atomic E-state index is 11.6. The zero-order valence-corrected chi connectivity index (χ0v) is 12.4. The van der Waals surface area contributed by atoms with Crippen LogP contribution in [0.2, 0.25) is 0 Å². The molecule has 120 valence electrons. The van der Waals surface area contributed by atoms with Gasteiger partial charge in [-0.3, -0.25) is 4.79 Å². The number of rotatable bonds is 6. The van der Waals surface area contributed by atoms with Crippen molar-refractivity contribution in [2.75, 3.05) is 32.0 Å². The van der Waals surface area contributed by atoms with Gasteiger partial charge in [0.25, 0.3) is 0 Å². The maximum atomic E-state index is 11.6. The van der Waals surface area contributed by atoms with E-state index in [4.69, 9.17) is 10.5 Å². The standard InChI is InChI=1S/C15H22N4O3/c16-13-3-1-11(2-4-13)7-18-15(21)19-9-14(20)17-8-12-5-6-22-10-12/h1-4,12H,5-10,16H2,(H,17,20)(H2,18,19,21). The lowest BCUT2D eigenvalue weighted by Gasteiger charge is -2.11. The Morgan fingerprint density at radius 3 is 2.64 bits per heavy atom. The molecule has 3 amide bonds. The molecule has 2 rings (SSSR count). The molecule has 22 heavy (non-hydrogen) atoms. The molecule has 1 heterocycles. The first-order valence-corrected chi connectivity index (χ1v) is 7.34. The fourth-order valence-electron chi connectivity index (χ4n) is 2.11. The summed E-state index contributed by atoms with van der Waals surface area (Å²) >= 11 is 0. The lowest BCUT2D eigenvalue weighted by Crippen LogP contribution is -2.42. The van der Waals surface area contributed by atoms with Crippen molar-refractivity contribution < 1.29 is 14.3 Å². The monoisotopic (exact) mass is 306 g/mol. The van der Waals surface area contributed by atoms with Crippen molar-refractivity contribution in [2.45, 2.75) is 13.0 Å². The van der Waals surface area contributed by atoms with E-state index in [1.807, 2.05) is 12.1 Å². The number of ether oxygens (including phenoxy) is 1. The number of carbonyl (C=O) groups excluding carboxylic acids is 2. The first-order chi connectivity index (χ1) is 10.6. The van der Waals surface area contributed by atoms with Gasteiger partial charge in [-0.15, -0.1) is 0 Å². The number of nitrogens with two attached hydrogens (primary N) is 1. The highest BCUT2D eigenvalue weighted by Crippen LogP contribution is 2.10.